The predicted octanol–water partition coefficient (Wildman–Crippen LogP) is 3.16. The second-order valence-corrected chi connectivity index (χ2v) is 9.77. The Balaban J connectivity index is 1.99. The van der Waals surface area contributed by atoms with Gasteiger partial charge in [-0.2, -0.15) is 25.6 Å². The SMILES string of the molecule is O=[N+]([O-])c1ccccc1S(=O)(=O)N=C1C=CC(=NS(=O)(=O)c2ccccc2[N+](=O)[O-])C(Cl)=C1. The van der Waals surface area contributed by atoms with E-state index in [1.807, 2.05) is 0 Å². The van der Waals surface area contributed by atoms with E-state index in [0.29, 0.717) is 0 Å². The molecule has 0 N–H and O–H groups in total. The van der Waals surface area contributed by atoms with Gasteiger partial charge in [0.25, 0.3) is 31.4 Å². The molecule has 0 amide bonds. The highest BCUT2D eigenvalue weighted by atomic mass is 35.5. The van der Waals surface area contributed by atoms with Crippen molar-refractivity contribution in [2.24, 2.45) is 8.80 Å². The fourth-order valence-corrected chi connectivity index (χ4v) is 5.23. The number of nitro benzene ring substituents is 2. The highest BCUT2D eigenvalue weighted by Gasteiger charge is 2.27. The zero-order valence-corrected chi connectivity index (χ0v) is 18.5. The molecule has 1 aliphatic rings. The normalized spacial score (nSPS) is 16.6. The lowest BCUT2D eigenvalue weighted by molar-refractivity contribution is -0.388. The minimum Gasteiger partial charge on any atom is -0.258 e. The molecule has 0 radical (unpaired) electrons. The van der Waals surface area contributed by atoms with E-state index in [2.05, 4.69) is 8.80 Å². The van der Waals surface area contributed by atoms with Gasteiger partial charge in [0.1, 0.15) is 0 Å². The van der Waals surface area contributed by atoms with Crippen LogP contribution in [0.2, 0.25) is 0 Å². The molecule has 0 atom stereocenters. The first-order valence-electron chi connectivity index (χ1n) is 8.65. The molecule has 0 saturated carbocycles. The van der Waals surface area contributed by atoms with Gasteiger partial charge in [-0.1, -0.05) is 35.9 Å². The maximum Gasteiger partial charge on any atom is 0.289 e. The van der Waals surface area contributed by atoms with Crippen LogP contribution in [-0.4, -0.2) is 38.1 Å². The predicted molar refractivity (Wildman–Crippen MR) is 119 cm³/mol. The van der Waals surface area contributed by atoms with Crippen molar-refractivity contribution >= 4 is 54.4 Å². The van der Waals surface area contributed by atoms with Crippen LogP contribution < -0.4 is 0 Å². The van der Waals surface area contributed by atoms with E-state index >= 15 is 0 Å². The number of nitrogens with zero attached hydrogens (tertiary/aromatic N) is 4. The molecule has 0 aliphatic heterocycles. The van der Waals surface area contributed by atoms with Crippen LogP contribution in [0.15, 0.2) is 90.4 Å². The number of nitro groups is 2. The summed E-state index contributed by atoms with van der Waals surface area (Å²) in [5, 5.41) is 21.9. The number of benzene rings is 2. The van der Waals surface area contributed by atoms with Gasteiger partial charge in [0, 0.05) is 12.1 Å². The fourth-order valence-electron chi connectivity index (χ4n) is 2.65. The maximum atomic E-state index is 12.6. The van der Waals surface area contributed by atoms with E-state index in [1.54, 1.807) is 0 Å². The summed E-state index contributed by atoms with van der Waals surface area (Å²) in [5.41, 5.74) is -1.92. The Bertz CT molecular complexity index is 1510. The molecule has 33 heavy (non-hydrogen) atoms. The lowest BCUT2D eigenvalue weighted by Crippen LogP contribution is -2.11. The molecule has 0 saturated heterocycles. The van der Waals surface area contributed by atoms with Crippen LogP contribution >= 0.6 is 11.6 Å². The van der Waals surface area contributed by atoms with Crippen LogP contribution in [0.4, 0.5) is 11.4 Å². The molecule has 2 aromatic rings. The van der Waals surface area contributed by atoms with E-state index in [0.717, 1.165) is 42.5 Å². The first kappa shape index (κ1) is 23.9. The Morgan fingerprint density at radius 1 is 0.727 bits per heavy atom. The van der Waals surface area contributed by atoms with Gasteiger partial charge >= 0.3 is 0 Å². The molecule has 15 heteroatoms. The minimum absolute atomic E-state index is 0.250. The third kappa shape index (κ3) is 5.19. The van der Waals surface area contributed by atoms with Crippen molar-refractivity contribution < 1.29 is 26.7 Å². The molecule has 0 bridgehead atoms. The molecule has 0 spiro atoms. The number of rotatable bonds is 6. The molecule has 0 unspecified atom stereocenters. The molecule has 3 rings (SSSR count). The number of allylic oxidation sites excluding steroid dienone is 4. The van der Waals surface area contributed by atoms with Crippen molar-refractivity contribution in [1.82, 2.24) is 0 Å². The fraction of sp³-hybridized carbons (Fsp3) is 0. The second-order valence-electron chi connectivity index (χ2n) is 6.22. The Kier molecular flexibility index (Phi) is 6.53. The van der Waals surface area contributed by atoms with Crippen molar-refractivity contribution in [1.29, 1.82) is 0 Å². The van der Waals surface area contributed by atoms with E-state index in [4.69, 9.17) is 11.6 Å². The third-order valence-corrected chi connectivity index (χ3v) is 7.05. The zero-order chi connectivity index (χ0) is 24.4. The van der Waals surface area contributed by atoms with E-state index in [1.165, 1.54) is 24.3 Å². The van der Waals surface area contributed by atoms with Crippen LogP contribution in [0.25, 0.3) is 0 Å². The summed E-state index contributed by atoms with van der Waals surface area (Å²) in [6.07, 6.45) is 3.11. The quantitative estimate of drug-likeness (QED) is 0.322. The molecular weight excluding hydrogens is 500 g/mol. The summed E-state index contributed by atoms with van der Waals surface area (Å²) in [6.45, 7) is 0. The standard InChI is InChI=1S/C18H11ClN4O8S2/c19-13-11-12(20-32(28,29)17-7-3-1-5-15(17)22(24)25)9-10-14(13)21-33(30,31)18-8-4-2-6-16(18)23(26)27/h1-11H. The largest absolute Gasteiger partial charge is 0.289 e. The van der Waals surface area contributed by atoms with E-state index < -0.39 is 51.1 Å². The molecule has 0 aromatic heterocycles. The number of hydrogen-bond acceptors (Lipinski definition) is 8. The molecule has 12 nitrogen and oxygen atoms in total. The molecule has 0 fully saturated rings. The van der Waals surface area contributed by atoms with Crippen LogP contribution in [0.3, 0.4) is 0 Å². The van der Waals surface area contributed by atoms with Gasteiger partial charge in [-0.25, -0.2) is 0 Å². The smallest absolute Gasteiger partial charge is 0.258 e. The van der Waals surface area contributed by atoms with Crippen molar-refractivity contribution in [3.8, 4) is 0 Å². The number of para-hydroxylation sites is 2. The van der Waals surface area contributed by atoms with Gasteiger partial charge in [0.2, 0.25) is 0 Å². The van der Waals surface area contributed by atoms with Crippen LogP contribution in [0, 0.1) is 20.2 Å². The average Bonchev–Trinajstić information content (AvgIpc) is 2.75. The van der Waals surface area contributed by atoms with Crippen LogP contribution in [0.1, 0.15) is 0 Å². The monoisotopic (exact) mass is 510 g/mol. The molecular formula is C18H11ClN4O8S2. The number of halogens is 1. The third-order valence-electron chi connectivity index (χ3n) is 4.06. The van der Waals surface area contributed by atoms with Crippen molar-refractivity contribution in [2.75, 3.05) is 0 Å². The summed E-state index contributed by atoms with van der Waals surface area (Å²) < 4.78 is 57.2. The summed E-state index contributed by atoms with van der Waals surface area (Å²) in [5.74, 6) is 0. The minimum atomic E-state index is -4.54. The van der Waals surface area contributed by atoms with Gasteiger partial charge in [-0.05, 0) is 30.4 Å². The van der Waals surface area contributed by atoms with Gasteiger partial charge in [-0.3, -0.25) is 20.2 Å². The summed E-state index contributed by atoms with van der Waals surface area (Å²) in [7, 11) is -9.05. The molecule has 0 heterocycles. The van der Waals surface area contributed by atoms with Crippen molar-refractivity contribution in [3.05, 3.63) is 92.0 Å². The lowest BCUT2D eigenvalue weighted by Gasteiger charge is -2.08. The van der Waals surface area contributed by atoms with Gasteiger partial charge in [-0.15, -0.1) is 0 Å². The Hall–Kier alpha value is -3.75. The molecule has 170 valence electrons. The first-order chi connectivity index (χ1) is 15.4. The van der Waals surface area contributed by atoms with E-state index in [9.17, 15) is 37.1 Å². The van der Waals surface area contributed by atoms with Crippen molar-refractivity contribution in [3.63, 3.8) is 0 Å². The average molecular weight is 511 g/mol. The summed E-state index contributed by atoms with van der Waals surface area (Å²) in [4.78, 5) is 19.2. The lowest BCUT2D eigenvalue weighted by atomic mass is 10.1. The van der Waals surface area contributed by atoms with E-state index in [-0.39, 0.29) is 16.5 Å². The highest BCUT2D eigenvalue weighted by Crippen LogP contribution is 2.27. The zero-order valence-electron chi connectivity index (χ0n) is 16.1. The van der Waals surface area contributed by atoms with Gasteiger partial charge < -0.3 is 0 Å². The van der Waals surface area contributed by atoms with Gasteiger partial charge in [0.15, 0.2) is 9.79 Å². The topological polar surface area (TPSA) is 179 Å². The molecule has 2 aromatic carbocycles. The highest BCUT2D eigenvalue weighted by molar-refractivity contribution is 7.90. The Morgan fingerprint density at radius 3 is 1.64 bits per heavy atom. The number of sulfonamides is 2. The summed E-state index contributed by atoms with van der Waals surface area (Å²) >= 11 is 6.03. The van der Waals surface area contributed by atoms with Gasteiger partial charge in [0.05, 0.1) is 26.3 Å². The molecule has 1 aliphatic carbocycles. The number of hydrogen-bond donors (Lipinski definition) is 0. The maximum absolute atomic E-state index is 12.6. The van der Waals surface area contributed by atoms with Crippen LogP contribution in [0.5, 0.6) is 0 Å². The summed E-state index contributed by atoms with van der Waals surface area (Å²) in [6, 6.07) is 9.19. The Labute approximate surface area is 191 Å². The van der Waals surface area contributed by atoms with Crippen molar-refractivity contribution in [2.45, 2.75) is 9.79 Å². The second kappa shape index (κ2) is 9.01. The van der Waals surface area contributed by atoms with Crippen LogP contribution in [-0.2, 0) is 20.0 Å². The Morgan fingerprint density at radius 2 is 1.18 bits per heavy atom. The first-order valence-corrected chi connectivity index (χ1v) is 11.9.